The van der Waals surface area contributed by atoms with Crippen LogP contribution in [0.1, 0.15) is 5.56 Å². The van der Waals surface area contributed by atoms with Crippen molar-refractivity contribution in [3.63, 3.8) is 0 Å². The molecule has 26 heavy (non-hydrogen) atoms. The number of hydrogen-bond acceptors (Lipinski definition) is 3. The Morgan fingerprint density at radius 3 is 2.58 bits per heavy atom. The third-order valence-corrected chi connectivity index (χ3v) is 4.72. The number of oxazole rings is 1. The minimum absolute atomic E-state index is 0.494. The van der Waals surface area contributed by atoms with Crippen molar-refractivity contribution in [2.24, 2.45) is 4.99 Å². The number of halogens is 3. The molecule has 0 aliphatic carbocycles. The van der Waals surface area contributed by atoms with Gasteiger partial charge in [0, 0.05) is 16.8 Å². The van der Waals surface area contributed by atoms with Crippen molar-refractivity contribution < 1.29 is 4.42 Å². The minimum Gasteiger partial charge on any atom is -0.436 e. The molecule has 0 aliphatic heterocycles. The Bertz CT molecular complexity index is 1140. The number of nitrogens with zero attached hydrogens (tertiary/aromatic N) is 2. The quantitative estimate of drug-likeness (QED) is 0.340. The molecule has 128 valence electrons. The standard InChI is InChI=1S/C20H11Cl3N2O/c21-14-3-1-2-13(9-14)20-25-18-10-15(5-7-19(18)26-20)24-11-12-4-6-16(22)17(23)8-12/h1-11H. The number of rotatable bonds is 3. The number of benzene rings is 3. The predicted octanol–water partition coefficient (Wildman–Crippen LogP) is 7.21. The van der Waals surface area contributed by atoms with E-state index in [0.29, 0.717) is 26.5 Å². The first-order valence-electron chi connectivity index (χ1n) is 7.74. The summed E-state index contributed by atoms with van der Waals surface area (Å²) < 4.78 is 5.80. The summed E-state index contributed by atoms with van der Waals surface area (Å²) in [7, 11) is 0. The molecule has 3 nitrogen and oxygen atoms in total. The molecule has 0 atom stereocenters. The molecular weight excluding hydrogens is 391 g/mol. The average molecular weight is 402 g/mol. The molecule has 0 spiro atoms. The van der Waals surface area contributed by atoms with Crippen molar-refractivity contribution in [3.05, 3.63) is 81.3 Å². The van der Waals surface area contributed by atoms with E-state index < -0.39 is 0 Å². The summed E-state index contributed by atoms with van der Waals surface area (Å²) >= 11 is 18.0. The lowest BCUT2D eigenvalue weighted by Crippen LogP contribution is -1.81. The molecule has 0 N–H and O–H groups in total. The Labute approximate surface area is 164 Å². The van der Waals surface area contributed by atoms with E-state index in [2.05, 4.69) is 9.98 Å². The van der Waals surface area contributed by atoms with Crippen LogP contribution in [0, 0.1) is 0 Å². The topological polar surface area (TPSA) is 38.4 Å². The van der Waals surface area contributed by atoms with Crippen LogP contribution in [0.25, 0.3) is 22.6 Å². The highest BCUT2D eigenvalue weighted by molar-refractivity contribution is 6.42. The maximum atomic E-state index is 6.03. The molecule has 0 saturated carbocycles. The van der Waals surface area contributed by atoms with Crippen molar-refractivity contribution in [2.75, 3.05) is 0 Å². The molecule has 1 heterocycles. The number of fused-ring (bicyclic) bond motifs is 1. The van der Waals surface area contributed by atoms with Gasteiger partial charge in [0.25, 0.3) is 0 Å². The maximum Gasteiger partial charge on any atom is 0.227 e. The molecular formula is C20H11Cl3N2O. The first-order chi connectivity index (χ1) is 12.6. The van der Waals surface area contributed by atoms with Crippen molar-refractivity contribution in [1.29, 1.82) is 0 Å². The SMILES string of the molecule is Clc1cccc(-c2nc3cc(N=Cc4ccc(Cl)c(Cl)c4)ccc3o2)c1. The van der Waals surface area contributed by atoms with Gasteiger partial charge in [-0.1, -0.05) is 46.9 Å². The van der Waals surface area contributed by atoms with Gasteiger partial charge in [0.1, 0.15) is 5.52 Å². The van der Waals surface area contributed by atoms with Gasteiger partial charge in [-0.25, -0.2) is 4.98 Å². The molecule has 4 rings (SSSR count). The molecule has 6 heteroatoms. The summed E-state index contributed by atoms with van der Waals surface area (Å²) in [4.78, 5) is 8.99. The van der Waals surface area contributed by atoms with Crippen LogP contribution in [0.4, 0.5) is 5.69 Å². The maximum absolute atomic E-state index is 6.03. The second-order valence-electron chi connectivity index (χ2n) is 5.61. The van der Waals surface area contributed by atoms with E-state index in [1.807, 2.05) is 48.5 Å². The number of hydrogen-bond donors (Lipinski definition) is 0. The lowest BCUT2D eigenvalue weighted by atomic mass is 10.2. The molecule has 3 aromatic carbocycles. The highest BCUT2D eigenvalue weighted by Crippen LogP contribution is 2.28. The second-order valence-corrected chi connectivity index (χ2v) is 6.86. The molecule has 4 aromatic rings. The van der Waals surface area contributed by atoms with Crippen LogP contribution in [-0.2, 0) is 0 Å². The first-order valence-corrected chi connectivity index (χ1v) is 8.87. The largest absolute Gasteiger partial charge is 0.436 e. The van der Waals surface area contributed by atoms with Crippen molar-refractivity contribution >= 4 is 57.8 Å². The molecule has 0 radical (unpaired) electrons. The highest BCUT2D eigenvalue weighted by Gasteiger charge is 2.09. The van der Waals surface area contributed by atoms with Crippen LogP contribution in [0.3, 0.4) is 0 Å². The Morgan fingerprint density at radius 2 is 1.77 bits per heavy atom. The zero-order valence-electron chi connectivity index (χ0n) is 13.3. The first kappa shape index (κ1) is 17.1. The van der Waals surface area contributed by atoms with E-state index in [1.165, 1.54) is 0 Å². The van der Waals surface area contributed by atoms with Crippen molar-refractivity contribution in [3.8, 4) is 11.5 Å². The fourth-order valence-corrected chi connectivity index (χ4v) is 2.98. The number of aliphatic imine (C=N–C) groups is 1. The van der Waals surface area contributed by atoms with Gasteiger partial charge in [-0.15, -0.1) is 0 Å². The smallest absolute Gasteiger partial charge is 0.227 e. The summed E-state index contributed by atoms with van der Waals surface area (Å²) in [5, 5.41) is 1.65. The highest BCUT2D eigenvalue weighted by atomic mass is 35.5. The summed E-state index contributed by atoms with van der Waals surface area (Å²) in [6.07, 6.45) is 1.72. The molecule has 0 aliphatic rings. The number of aromatic nitrogens is 1. The van der Waals surface area contributed by atoms with Gasteiger partial charge in [-0.2, -0.15) is 0 Å². The Morgan fingerprint density at radius 1 is 0.885 bits per heavy atom. The van der Waals surface area contributed by atoms with E-state index in [1.54, 1.807) is 18.3 Å². The Kier molecular flexibility index (Phi) is 4.68. The van der Waals surface area contributed by atoms with Gasteiger partial charge in [-0.05, 0) is 54.1 Å². The molecule has 0 bridgehead atoms. The van der Waals surface area contributed by atoms with Gasteiger partial charge in [0.2, 0.25) is 5.89 Å². The molecule has 1 aromatic heterocycles. The lowest BCUT2D eigenvalue weighted by molar-refractivity contribution is 0.620. The van der Waals surface area contributed by atoms with E-state index in [0.717, 1.165) is 22.3 Å². The van der Waals surface area contributed by atoms with Crippen LogP contribution < -0.4 is 0 Å². The summed E-state index contributed by atoms with van der Waals surface area (Å²) in [6.45, 7) is 0. The van der Waals surface area contributed by atoms with E-state index in [9.17, 15) is 0 Å². The zero-order chi connectivity index (χ0) is 18.1. The van der Waals surface area contributed by atoms with Crippen molar-refractivity contribution in [1.82, 2.24) is 4.98 Å². The lowest BCUT2D eigenvalue weighted by Gasteiger charge is -1.97. The fraction of sp³-hybridized carbons (Fsp3) is 0. The van der Waals surface area contributed by atoms with Crippen LogP contribution in [-0.4, -0.2) is 11.2 Å². The van der Waals surface area contributed by atoms with Gasteiger partial charge in [0.05, 0.1) is 15.7 Å². The fourth-order valence-electron chi connectivity index (χ4n) is 2.48. The monoisotopic (exact) mass is 400 g/mol. The van der Waals surface area contributed by atoms with E-state index >= 15 is 0 Å². The predicted molar refractivity (Wildman–Crippen MR) is 108 cm³/mol. The van der Waals surface area contributed by atoms with E-state index in [-0.39, 0.29) is 0 Å². The van der Waals surface area contributed by atoms with Gasteiger partial charge in [0.15, 0.2) is 5.58 Å². The van der Waals surface area contributed by atoms with Crippen LogP contribution in [0.15, 0.2) is 70.1 Å². The average Bonchev–Trinajstić information content (AvgIpc) is 3.06. The Balaban J connectivity index is 1.65. The third-order valence-electron chi connectivity index (χ3n) is 3.75. The third kappa shape index (κ3) is 3.61. The second kappa shape index (κ2) is 7.12. The van der Waals surface area contributed by atoms with Crippen LogP contribution in [0.2, 0.25) is 15.1 Å². The molecule has 0 unspecified atom stereocenters. The Hall–Kier alpha value is -2.33. The summed E-state index contributed by atoms with van der Waals surface area (Å²) in [6, 6.07) is 18.3. The van der Waals surface area contributed by atoms with Gasteiger partial charge >= 0.3 is 0 Å². The zero-order valence-corrected chi connectivity index (χ0v) is 15.6. The van der Waals surface area contributed by atoms with Gasteiger partial charge in [-0.3, -0.25) is 4.99 Å². The van der Waals surface area contributed by atoms with Crippen molar-refractivity contribution in [2.45, 2.75) is 0 Å². The molecule has 0 fully saturated rings. The normalized spacial score (nSPS) is 11.5. The van der Waals surface area contributed by atoms with E-state index in [4.69, 9.17) is 39.2 Å². The van der Waals surface area contributed by atoms with Crippen LogP contribution in [0.5, 0.6) is 0 Å². The minimum atomic E-state index is 0.494. The molecule has 0 saturated heterocycles. The van der Waals surface area contributed by atoms with Gasteiger partial charge < -0.3 is 4.42 Å². The summed E-state index contributed by atoms with van der Waals surface area (Å²) in [5.41, 5.74) is 3.86. The summed E-state index contributed by atoms with van der Waals surface area (Å²) in [5.74, 6) is 0.521. The van der Waals surface area contributed by atoms with Crippen LogP contribution >= 0.6 is 34.8 Å². The molecule has 0 amide bonds.